The van der Waals surface area contributed by atoms with Crippen molar-refractivity contribution in [2.75, 3.05) is 17.2 Å². The predicted molar refractivity (Wildman–Crippen MR) is 106 cm³/mol. The van der Waals surface area contributed by atoms with Crippen LogP contribution in [-0.4, -0.2) is 16.2 Å². The Kier molecular flexibility index (Phi) is 3.22. The van der Waals surface area contributed by atoms with Crippen molar-refractivity contribution in [3.05, 3.63) is 63.7 Å². The van der Waals surface area contributed by atoms with Gasteiger partial charge in [0.2, 0.25) is 0 Å². The highest BCUT2D eigenvalue weighted by Crippen LogP contribution is 2.60. The van der Waals surface area contributed by atoms with Crippen LogP contribution < -0.4 is 21.9 Å². The topological polar surface area (TPSA) is 154 Å². The predicted octanol–water partition coefficient (Wildman–Crippen LogP) is 3.07. The van der Waals surface area contributed by atoms with Crippen LogP contribution >= 0.6 is 11.6 Å². The molecule has 0 aromatic heterocycles. The number of esters is 1. The van der Waals surface area contributed by atoms with Crippen molar-refractivity contribution in [2.45, 2.75) is 5.60 Å². The number of anilines is 3. The Morgan fingerprint density at radius 1 is 0.862 bits per heavy atom. The number of carbonyl (C=O) groups excluding carboxylic acids is 1. The molecule has 0 aliphatic carbocycles. The van der Waals surface area contributed by atoms with Gasteiger partial charge in [0.1, 0.15) is 23.0 Å². The lowest BCUT2D eigenvalue weighted by atomic mass is 9.77. The van der Waals surface area contributed by atoms with Crippen molar-refractivity contribution >= 4 is 34.6 Å². The van der Waals surface area contributed by atoms with E-state index in [9.17, 15) is 15.0 Å². The van der Waals surface area contributed by atoms with Crippen LogP contribution in [0, 0.1) is 0 Å². The van der Waals surface area contributed by atoms with E-state index in [0.717, 1.165) is 0 Å². The fourth-order valence-corrected chi connectivity index (χ4v) is 4.31. The van der Waals surface area contributed by atoms with Gasteiger partial charge in [-0.3, -0.25) is 0 Å². The van der Waals surface area contributed by atoms with Crippen molar-refractivity contribution in [3.8, 4) is 23.0 Å². The maximum Gasteiger partial charge on any atom is 0.342 e. The number of fused-ring (bicyclic) bond motifs is 6. The lowest BCUT2D eigenvalue weighted by Crippen LogP contribution is -2.33. The van der Waals surface area contributed by atoms with Gasteiger partial charge in [-0.25, -0.2) is 4.79 Å². The summed E-state index contributed by atoms with van der Waals surface area (Å²) >= 11 is 6.57. The summed E-state index contributed by atoms with van der Waals surface area (Å²) in [6.45, 7) is 0. The van der Waals surface area contributed by atoms with Gasteiger partial charge < -0.3 is 36.9 Å². The molecule has 0 amide bonds. The standard InChI is InChI=1S/C20H14ClN3O5/c21-15-14-13(16(22)18(24)17(15)23)19(27)29-20(14)9-3-1-7(25)5-11(9)28-12-6-8(26)2-4-10(12)20/h1-6,25-26H,22-24H2. The average Bonchev–Trinajstić information content (AvgIpc) is 2.97. The minimum Gasteiger partial charge on any atom is -0.508 e. The Labute approximate surface area is 169 Å². The first-order chi connectivity index (χ1) is 13.8. The second-order valence-electron chi connectivity index (χ2n) is 6.84. The molecule has 3 aromatic rings. The summed E-state index contributed by atoms with van der Waals surface area (Å²) < 4.78 is 11.8. The largest absolute Gasteiger partial charge is 0.508 e. The molecule has 8 N–H and O–H groups in total. The first-order valence-corrected chi connectivity index (χ1v) is 8.88. The number of hydrogen-bond acceptors (Lipinski definition) is 8. The summed E-state index contributed by atoms with van der Waals surface area (Å²) in [5.41, 5.74) is 17.6. The quantitative estimate of drug-likeness (QED) is 0.279. The fourth-order valence-electron chi connectivity index (χ4n) is 3.98. The normalized spacial score (nSPS) is 15.3. The monoisotopic (exact) mass is 411 g/mol. The fraction of sp³-hybridized carbons (Fsp3) is 0.0500. The maximum absolute atomic E-state index is 12.9. The van der Waals surface area contributed by atoms with Crippen LogP contribution in [0.2, 0.25) is 5.02 Å². The summed E-state index contributed by atoms with van der Waals surface area (Å²) in [6.07, 6.45) is 0. The van der Waals surface area contributed by atoms with Crippen LogP contribution in [0.15, 0.2) is 36.4 Å². The molecule has 0 fully saturated rings. The third-order valence-corrected chi connectivity index (χ3v) is 5.66. The molecular formula is C20H14ClN3O5. The third-order valence-electron chi connectivity index (χ3n) is 5.27. The number of rotatable bonds is 0. The number of halogens is 1. The number of nitrogen functional groups attached to an aromatic ring is 3. The molecule has 2 aliphatic rings. The van der Waals surface area contributed by atoms with E-state index in [0.29, 0.717) is 11.1 Å². The molecule has 2 heterocycles. The number of hydrogen-bond donors (Lipinski definition) is 5. The van der Waals surface area contributed by atoms with E-state index >= 15 is 0 Å². The number of benzene rings is 3. The molecule has 0 bridgehead atoms. The lowest BCUT2D eigenvalue weighted by Gasteiger charge is -2.37. The molecule has 1 spiro atoms. The molecule has 5 rings (SSSR count). The molecule has 0 atom stereocenters. The van der Waals surface area contributed by atoms with Crippen LogP contribution in [-0.2, 0) is 10.3 Å². The number of phenols is 2. The number of phenolic OH excluding ortho intramolecular Hbond substituents is 2. The highest BCUT2D eigenvalue weighted by molar-refractivity contribution is 6.36. The Morgan fingerprint density at radius 3 is 1.97 bits per heavy atom. The van der Waals surface area contributed by atoms with Crippen molar-refractivity contribution in [3.63, 3.8) is 0 Å². The van der Waals surface area contributed by atoms with Crippen molar-refractivity contribution in [1.29, 1.82) is 0 Å². The summed E-state index contributed by atoms with van der Waals surface area (Å²) in [6, 6.07) is 8.71. The van der Waals surface area contributed by atoms with Gasteiger partial charge in [0.25, 0.3) is 0 Å². The van der Waals surface area contributed by atoms with E-state index in [1.165, 1.54) is 24.3 Å². The van der Waals surface area contributed by atoms with E-state index in [-0.39, 0.29) is 56.2 Å². The van der Waals surface area contributed by atoms with Gasteiger partial charge in [-0.05, 0) is 24.3 Å². The number of aromatic hydroxyl groups is 2. The van der Waals surface area contributed by atoms with Crippen LogP contribution in [0.25, 0.3) is 0 Å². The number of nitrogens with two attached hydrogens (primary N) is 3. The highest BCUT2D eigenvalue weighted by Gasteiger charge is 2.56. The maximum atomic E-state index is 12.9. The van der Waals surface area contributed by atoms with E-state index in [4.69, 9.17) is 38.3 Å². The van der Waals surface area contributed by atoms with Crippen molar-refractivity contribution in [2.24, 2.45) is 0 Å². The van der Waals surface area contributed by atoms with Crippen LogP contribution in [0.3, 0.4) is 0 Å². The zero-order valence-corrected chi connectivity index (χ0v) is 15.4. The molecule has 9 heteroatoms. The van der Waals surface area contributed by atoms with E-state index in [1.54, 1.807) is 12.1 Å². The SMILES string of the molecule is Nc1c(N)c(Cl)c2c(c1N)C(=O)OC21c2ccc(O)cc2Oc2cc(O)ccc21. The first-order valence-electron chi connectivity index (χ1n) is 8.50. The third kappa shape index (κ3) is 2.01. The van der Waals surface area contributed by atoms with E-state index in [1.807, 2.05) is 0 Å². The molecule has 0 saturated carbocycles. The van der Waals surface area contributed by atoms with Gasteiger partial charge in [0.05, 0.1) is 27.6 Å². The number of ether oxygens (including phenoxy) is 2. The number of carbonyl (C=O) groups is 1. The summed E-state index contributed by atoms with van der Waals surface area (Å²) in [7, 11) is 0. The highest BCUT2D eigenvalue weighted by atomic mass is 35.5. The minimum atomic E-state index is -1.55. The van der Waals surface area contributed by atoms with Gasteiger partial charge in [0, 0.05) is 28.8 Å². The van der Waals surface area contributed by atoms with Gasteiger partial charge in [-0.15, -0.1) is 0 Å². The van der Waals surface area contributed by atoms with Crippen LogP contribution in [0.5, 0.6) is 23.0 Å². The molecule has 0 saturated heterocycles. The van der Waals surface area contributed by atoms with E-state index < -0.39 is 11.6 Å². The Hall–Kier alpha value is -3.78. The second kappa shape index (κ2) is 5.39. The first kappa shape index (κ1) is 17.3. The van der Waals surface area contributed by atoms with Crippen molar-refractivity contribution < 1.29 is 24.5 Å². The van der Waals surface area contributed by atoms with E-state index in [2.05, 4.69) is 0 Å². The molecule has 0 unspecified atom stereocenters. The molecule has 146 valence electrons. The molecular weight excluding hydrogens is 398 g/mol. The molecule has 2 aliphatic heterocycles. The Balaban J connectivity index is 1.98. The second-order valence-corrected chi connectivity index (χ2v) is 7.22. The van der Waals surface area contributed by atoms with Crippen molar-refractivity contribution in [1.82, 2.24) is 0 Å². The lowest BCUT2D eigenvalue weighted by molar-refractivity contribution is 0.0225. The van der Waals surface area contributed by atoms with Gasteiger partial charge in [-0.1, -0.05) is 11.6 Å². The Morgan fingerprint density at radius 2 is 1.41 bits per heavy atom. The molecule has 0 radical (unpaired) electrons. The zero-order valence-electron chi connectivity index (χ0n) is 14.7. The molecule has 29 heavy (non-hydrogen) atoms. The average molecular weight is 412 g/mol. The van der Waals surface area contributed by atoms with Gasteiger partial charge >= 0.3 is 5.97 Å². The smallest absolute Gasteiger partial charge is 0.342 e. The summed E-state index contributed by atoms with van der Waals surface area (Å²) in [5, 5.41) is 19.9. The zero-order chi connectivity index (χ0) is 20.7. The Bertz CT molecular complexity index is 1210. The van der Waals surface area contributed by atoms with Crippen LogP contribution in [0.4, 0.5) is 17.1 Å². The molecule has 3 aromatic carbocycles. The summed E-state index contributed by atoms with van der Waals surface area (Å²) in [5.74, 6) is -0.419. The van der Waals surface area contributed by atoms with Gasteiger partial charge in [-0.2, -0.15) is 0 Å². The van der Waals surface area contributed by atoms with Crippen LogP contribution in [0.1, 0.15) is 27.0 Å². The minimum absolute atomic E-state index is 0.00771. The summed E-state index contributed by atoms with van der Waals surface area (Å²) in [4.78, 5) is 12.9. The molecule has 8 nitrogen and oxygen atoms in total. The van der Waals surface area contributed by atoms with Gasteiger partial charge in [0.15, 0.2) is 5.60 Å².